The lowest BCUT2D eigenvalue weighted by Crippen LogP contribution is -2.05. The number of hydrogen-bond donors (Lipinski definition) is 0. The van der Waals surface area contributed by atoms with Crippen LogP contribution in [0.4, 0.5) is 4.39 Å². The Morgan fingerprint density at radius 2 is 2.00 bits per heavy atom. The maximum absolute atomic E-state index is 13.1. The lowest BCUT2D eigenvalue weighted by molar-refractivity contribution is 0.0963. The second-order valence-corrected chi connectivity index (χ2v) is 5.69. The van der Waals surface area contributed by atoms with E-state index in [-0.39, 0.29) is 11.6 Å². The SMILES string of the molecule is CCC(CC)CC(=O)c1cc2cc(F)ccc2s1. The monoisotopic (exact) mass is 264 g/mol. The van der Waals surface area contributed by atoms with Crippen LogP contribution < -0.4 is 0 Å². The summed E-state index contributed by atoms with van der Waals surface area (Å²) in [6.45, 7) is 4.23. The van der Waals surface area contributed by atoms with Gasteiger partial charge in [-0.05, 0) is 35.6 Å². The summed E-state index contributed by atoms with van der Waals surface area (Å²) < 4.78 is 14.1. The Labute approximate surface area is 111 Å². The van der Waals surface area contributed by atoms with Crippen molar-refractivity contribution in [2.24, 2.45) is 5.92 Å². The van der Waals surface area contributed by atoms with E-state index in [4.69, 9.17) is 0 Å². The third-order valence-corrected chi connectivity index (χ3v) is 4.54. The van der Waals surface area contributed by atoms with E-state index < -0.39 is 0 Å². The Hall–Kier alpha value is -1.22. The summed E-state index contributed by atoms with van der Waals surface area (Å²) in [5, 5.41) is 0.827. The van der Waals surface area contributed by atoms with Crippen LogP contribution in [0.15, 0.2) is 24.3 Å². The summed E-state index contributed by atoms with van der Waals surface area (Å²) in [6, 6.07) is 6.48. The molecule has 0 radical (unpaired) electrons. The van der Waals surface area contributed by atoms with Gasteiger partial charge in [-0.15, -0.1) is 11.3 Å². The van der Waals surface area contributed by atoms with E-state index in [0.29, 0.717) is 12.3 Å². The van der Waals surface area contributed by atoms with Gasteiger partial charge in [0.15, 0.2) is 5.78 Å². The molecule has 0 aliphatic carbocycles. The van der Waals surface area contributed by atoms with Crippen molar-refractivity contribution < 1.29 is 9.18 Å². The summed E-state index contributed by atoms with van der Waals surface area (Å²) in [7, 11) is 0. The van der Waals surface area contributed by atoms with Crippen molar-refractivity contribution in [3.8, 4) is 0 Å². The van der Waals surface area contributed by atoms with Crippen molar-refractivity contribution in [3.05, 3.63) is 35.0 Å². The Balaban J connectivity index is 2.23. The topological polar surface area (TPSA) is 17.1 Å². The average molecular weight is 264 g/mol. The molecule has 1 heterocycles. The maximum atomic E-state index is 13.1. The minimum absolute atomic E-state index is 0.185. The molecule has 0 aliphatic heterocycles. The lowest BCUT2D eigenvalue weighted by atomic mass is 9.96. The molecule has 0 atom stereocenters. The third kappa shape index (κ3) is 2.78. The molecule has 0 unspecified atom stereocenters. The Morgan fingerprint density at radius 3 is 2.67 bits per heavy atom. The number of carbonyl (C=O) groups is 1. The second kappa shape index (κ2) is 5.61. The fourth-order valence-electron chi connectivity index (χ4n) is 2.09. The van der Waals surface area contributed by atoms with E-state index >= 15 is 0 Å². The van der Waals surface area contributed by atoms with Gasteiger partial charge in [0.25, 0.3) is 0 Å². The molecule has 2 aromatic rings. The highest BCUT2D eigenvalue weighted by molar-refractivity contribution is 7.20. The summed E-state index contributed by atoms with van der Waals surface area (Å²) in [5.74, 6) is 0.393. The zero-order chi connectivity index (χ0) is 13.1. The lowest BCUT2D eigenvalue weighted by Gasteiger charge is -2.09. The van der Waals surface area contributed by atoms with Gasteiger partial charge in [-0.2, -0.15) is 0 Å². The molecule has 0 amide bonds. The normalized spacial score (nSPS) is 11.3. The molecule has 0 bridgehead atoms. The van der Waals surface area contributed by atoms with Crippen molar-refractivity contribution in [2.75, 3.05) is 0 Å². The number of benzene rings is 1. The number of hydrogen-bond acceptors (Lipinski definition) is 2. The van der Waals surface area contributed by atoms with Crippen LogP contribution in [0.1, 0.15) is 42.8 Å². The number of rotatable bonds is 5. The number of carbonyl (C=O) groups excluding carboxylic acids is 1. The van der Waals surface area contributed by atoms with Crippen LogP contribution >= 0.6 is 11.3 Å². The first-order valence-electron chi connectivity index (χ1n) is 6.36. The van der Waals surface area contributed by atoms with Crippen molar-refractivity contribution in [1.82, 2.24) is 0 Å². The molecular weight excluding hydrogens is 247 g/mol. The van der Waals surface area contributed by atoms with E-state index in [1.54, 1.807) is 6.07 Å². The zero-order valence-electron chi connectivity index (χ0n) is 10.7. The van der Waals surface area contributed by atoms with Gasteiger partial charge in [0, 0.05) is 11.1 Å². The molecule has 2 rings (SSSR count). The first kappa shape index (κ1) is 13.2. The number of fused-ring (bicyclic) bond motifs is 1. The molecule has 96 valence electrons. The first-order valence-corrected chi connectivity index (χ1v) is 7.18. The maximum Gasteiger partial charge on any atom is 0.173 e. The number of thiophene rings is 1. The molecule has 0 saturated carbocycles. The van der Waals surface area contributed by atoms with Crippen molar-refractivity contribution >= 4 is 27.2 Å². The molecule has 0 N–H and O–H groups in total. The van der Waals surface area contributed by atoms with Gasteiger partial charge < -0.3 is 0 Å². The number of Topliss-reactive ketones (excluding diaryl/α,β-unsaturated/α-hetero) is 1. The van der Waals surface area contributed by atoms with Crippen LogP contribution in [0.25, 0.3) is 10.1 Å². The van der Waals surface area contributed by atoms with Gasteiger partial charge in [0.2, 0.25) is 0 Å². The zero-order valence-corrected chi connectivity index (χ0v) is 11.5. The number of ketones is 1. The minimum Gasteiger partial charge on any atom is -0.293 e. The van der Waals surface area contributed by atoms with E-state index in [1.165, 1.54) is 23.5 Å². The van der Waals surface area contributed by atoms with Crippen molar-refractivity contribution in [2.45, 2.75) is 33.1 Å². The van der Waals surface area contributed by atoms with Crippen LogP contribution in [0.3, 0.4) is 0 Å². The van der Waals surface area contributed by atoms with Gasteiger partial charge in [-0.1, -0.05) is 26.7 Å². The first-order chi connectivity index (χ1) is 8.63. The van der Waals surface area contributed by atoms with Gasteiger partial charge in [0.05, 0.1) is 4.88 Å². The van der Waals surface area contributed by atoms with E-state index in [9.17, 15) is 9.18 Å². The Morgan fingerprint density at radius 1 is 1.28 bits per heavy atom. The molecule has 0 fully saturated rings. The minimum atomic E-state index is -0.251. The second-order valence-electron chi connectivity index (χ2n) is 4.60. The van der Waals surface area contributed by atoms with Gasteiger partial charge in [-0.3, -0.25) is 4.79 Å². The molecule has 1 nitrogen and oxygen atoms in total. The molecule has 0 saturated heterocycles. The van der Waals surface area contributed by atoms with Gasteiger partial charge in [0.1, 0.15) is 5.82 Å². The predicted molar refractivity (Wildman–Crippen MR) is 74.8 cm³/mol. The highest BCUT2D eigenvalue weighted by Gasteiger charge is 2.15. The Bertz CT molecular complexity index is 555. The van der Waals surface area contributed by atoms with Crippen LogP contribution in [0.5, 0.6) is 0 Å². The third-order valence-electron chi connectivity index (χ3n) is 3.38. The fraction of sp³-hybridized carbons (Fsp3) is 0.400. The molecule has 1 aromatic heterocycles. The standard InChI is InChI=1S/C15H17FOS/c1-3-10(4-2)7-13(17)15-9-11-8-12(16)5-6-14(11)18-15/h5-6,8-10H,3-4,7H2,1-2H3. The Kier molecular flexibility index (Phi) is 4.12. The quantitative estimate of drug-likeness (QED) is 0.691. The van der Waals surface area contributed by atoms with Gasteiger partial charge >= 0.3 is 0 Å². The van der Waals surface area contributed by atoms with Crippen molar-refractivity contribution in [1.29, 1.82) is 0 Å². The van der Waals surface area contributed by atoms with E-state index in [2.05, 4.69) is 13.8 Å². The molecule has 0 spiro atoms. The summed E-state index contributed by atoms with van der Waals surface area (Å²) in [5.41, 5.74) is 0. The molecule has 1 aromatic carbocycles. The van der Waals surface area contributed by atoms with Crippen LogP contribution in [0.2, 0.25) is 0 Å². The average Bonchev–Trinajstić information content (AvgIpc) is 2.78. The predicted octanol–water partition coefficient (Wildman–Crippen LogP) is 5.05. The smallest absolute Gasteiger partial charge is 0.173 e. The highest BCUT2D eigenvalue weighted by Crippen LogP contribution is 2.28. The van der Waals surface area contributed by atoms with Crippen LogP contribution in [-0.4, -0.2) is 5.78 Å². The molecule has 0 aliphatic rings. The summed E-state index contributed by atoms with van der Waals surface area (Å²) in [4.78, 5) is 12.9. The molecular formula is C15H17FOS. The fourth-order valence-corrected chi connectivity index (χ4v) is 3.08. The van der Waals surface area contributed by atoms with E-state index in [1.807, 2.05) is 6.07 Å². The molecule has 18 heavy (non-hydrogen) atoms. The number of halogens is 1. The van der Waals surface area contributed by atoms with Crippen LogP contribution in [0, 0.1) is 11.7 Å². The van der Waals surface area contributed by atoms with Crippen molar-refractivity contribution in [3.63, 3.8) is 0 Å². The largest absolute Gasteiger partial charge is 0.293 e. The highest BCUT2D eigenvalue weighted by atomic mass is 32.1. The van der Waals surface area contributed by atoms with E-state index in [0.717, 1.165) is 27.8 Å². The molecule has 3 heteroatoms. The summed E-state index contributed by atoms with van der Waals surface area (Å²) >= 11 is 1.46. The summed E-state index contributed by atoms with van der Waals surface area (Å²) in [6.07, 6.45) is 2.66. The van der Waals surface area contributed by atoms with Crippen LogP contribution in [-0.2, 0) is 0 Å². The van der Waals surface area contributed by atoms with Gasteiger partial charge in [-0.25, -0.2) is 4.39 Å².